The van der Waals surface area contributed by atoms with Gasteiger partial charge in [0.05, 0.1) is 10.2 Å². The van der Waals surface area contributed by atoms with Gasteiger partial charge in [-0.2, -0.15) is 0 Å². The molecule has 1 aliphatic heterocycles. The molecule has 2 rings (SSSR count). The van der Waals surface area contributed by atoms with E-state index in [9.17, 15) is 4.79 Å². The number of hydrogen-bond donors (Lipinski definition) is 1. The molecular formula is C11H16BrN3O. The number of nitrogens with two attached hydrogens (primary N) is 1. The molecule has 4 nitrogen and oxygen atoms in total. The first-order chi connectivity index (χ1) is 7.66. The van der Waals surface area contributed by atoms with Crippen LogP contribution in [-0.2, 0) is 6.54 Å². The molecule has 16 heavy (non-hydrogen) atoms. The van der Waals surface area contributed by atoms with E-state index in [2.05, 4.69) is 20.8 Å². The first-order valence-electron chi connectivity index (χ1n) is 5.54. The number of anilines is 1. The molecule has 0 atom stereocenters. The smallest absolute Gasteiger partial charge is 0.218 e. The third-order valence-electron chi connectivity index (χ3n) is 2.94. The molecule has 2 N–H and O–H groups in total. The maximum atomic E-state index is 11.4. The van der Waals surface area contributed by atoms with Crippen LogP contribution in [0.3, 0.4) is 0 Å². The van der Waals surface area contributed by atoms with E-state index in [1.54, 1.807) is 12.4 Å². The van der Waals surface area contributed by atoms with Gasteiger partial charge >= 0.3 is 0 Å². The Morgan fingerprint density at radius 2 is 1.94 bits per heavy atom. The van der Waals surface area contributed by atoms with Gasteiger partial charge in [-0.05, 0) is 41.9 Å². The lowest BCUT2D eigenvalue weighted by atomic mass is 10.4. The van der Waals surface area contributed by atoms with Crippen molar-refractivity contribution in [2.75, 3.05) is 25.4 Å². The molecule has 0 amide bonds. The van der Waals surface area contributed by atoms with Crippen LogP contribution in [0.4, 0.5) is 5.69 Å². The highest BCUT2D eigenvalue weighted by Gasteiger charge is 2.11. The van der Waals surface area contributed by atoms with Gasteiger partial charge in [-0.15, -0.1) is 0 Å². The van der Waals surface area contributed by atoms with Crippen LogP contribution < -0.4 is 11.2 Å². The third kappa shape index (κ3) is 2.65. The van der Waals surface area contributed by atoms with Gasteiger partial charge in [-0.25, -0.2) is 0 Å². The highest BCUT2D eigenvalue weighted by Crippen LogP contribution is 2.09. The molecule has 0 bridgehead atoms. The topological polar surface area (TPSA) is 51.3 Å². The molecule has 0 saturated carbocycles. The molecule has 1 fully saturated rings. The lowest BCUT2D eigenvalue weighted by molar-refractivity contribution is 0.322. The summed E-state index contributed by atoms with van der Waals surface area (Å²) in [5.41, 5.74) is 5.80. The molecule has 5 heteroatoms. The Hall–Kier alpha value is -0.810. The van der Waals surface area contributed by atoms with Gasteiger partial charge in [0, 0.05) is 25.5 Å². The SMILES string of the molecule is Nc1cn(CCN2CCCC2)cc(Br)c1=O. The minimum atomic E-state index is -0.127. The van der Waals surface area contributed by atoms with Crippen LogP contribution in [0.25, 0.3) is 0 Å². The van der Waals surface area contributed by atoms with Crippen LogP contribution in [0.2, 0.25) is 0 Å². The molecule has 88 valence electrons. The molecule has 0 aliphatic carbocycles. The average Bonchev–Trinajstić information content (AvgIpc) is 2.75. The van der Waals surface area contributed by atoms with Gasteiger partial charge < -0.3 is 15.2 Å². The Labute approximate surface area is 103 Å². The van der Waals surface area contributed by atoms with Crippen LogP contribution in [0.15, 0.2) is 21.7 Å². The minimum absolute atomic E-state index is 0.127. The van der Waals surface area contributed by atoms with E-state index in [1.165, 1.54) is 25.9 Å². The lowest BCUT2D eigenvalue weighted by Gasteiger charge is -2.16. The van der Waals surface area contributed by atoms with Crippen LogP contribution in [0, 0.1) is 0 Å². The van der Waals surface area contributed by atoms with E-state index in [0.717, 1.165) is 13.1 Å². The minimum Gasteiger partial charge on any atom is -0.394 e. The van der Waals surface area contributed by atoms with Crippen LogP contribution in [-0.4, -0.2) is 29.1 Å². The highest BCUT2D eigenvalue weighted by molar-refractivity contribution is 9.10. The summed E-state index contributed by atoms with van der Waals surface area (Å²) in [5, 5.41) is 0. The number of aromatic nitrogens is 1. The van der Waals surface area contributed by atoms with Crippen molar-refractivity contribution in [3.8, 4) is 0 Å². The van der Waals surface area contributed by atoms with Gasteiger partial charge in [0.2, 0.25) is 5.43 Å². The van der Waals surface area contributed by atoms with E-state index < -0.39 is 0 Å². The van der Waals surface area contributed by atoms with Gasteiger partial charge in [-0.3, -0.25) is 4.79 Å². The zero-order valence-electron chi connectivity index (χ0n) is 9.16. The van der Waals surface area contributed by atoms with E-state index in [-0.39, 0.29) is 5.43 Å². The lowest BCUT2D eigenvalue weighted by Crippen LogP contribution is -2.25. The number of likely N-dealkylation sites (tertiary alicyclic amines) is 1. The maximum absolute atomic E-state index is 11.4. The molecule has 0 spiro atoms. The summed E-state index contributed by atoms with van der Waals surface area (Å²) in [7, 11) is 0. The van der Waals surface area contributed by atoms with Gasteiger partial charge in [0.1, 0.15) is 0 Å². The number of pyridine rings is 1. The highest BCUT2D eigenvalue weighted by atomic mass is 79.9. The Kier molecular flexibility index (Phi) is 3.66. The Morgan fingerprint density at radius 1 is 1.25 bits per heavy atom. The van der Waals surface area contributed by atoms with Gasteiger partial charge in [-0.1, -0.05) is 0 Å². The molecule has 0 unspecified atom stereocenters. The number of rotatable bonds is 3. The monoisotopic (exact) mass is 285 g/mol. The molecule has 1 aromatic heterocycles. The largest absolute Gasteiger partial charge is 0.394 e. The maximum Gasteiger partial charge on any atom is 0.218 e. The van der Waals surface area contributed by atoms with Gasteiger partial charge in [0.15, 0.2) is 0 Å². The first-order valence-corrected chi connectivity index (χ1v) is 6.33. The zero-order valence-corrected chi connectivity index (χ0v) is 10.7. The second-order valence-electron chi connectivity index (χ2n) is 4.18. The summed E-state index contributed by atoms with van der Waals surface area (Å²) in [6.45, 7) is 4.28. The summed E-state index contributed by atoms with van der Waals surface area (Å²) < 4.78 is 2.51. The molecule has 1 saturated heterocycles. The predicted octanol–water partition coefficient (Wildman–Crippen LogP) is 1.29. The molecular weight excluding hydrogens is 270 g/mol. The van der Waals surface area contributed by atoms with Crippen molar-refractivity contribution in [3.63, 3.8) is 0 Å². The zero-order chi connectivity index (χ0) is 11.5. The summed E-state index contributed by atoms with van der Waals surface area (Å²) in [6, 6.07) is 0. The number of nitrogen functional groups attached to an aromatic ring is 1. The Bertz CT molecular complexity index is 397. The summed E-state index contributed by atoms with van der Waals surface area (Å²) in [6.07, 6.45) is 6.12. The Morgan fingerprint density at radius 3 is 2.56 bits per heavy atom. The second-order valence-corrected chi connectivity index (χ2v) is 5.03. The molecule has 1 aliphatic rings. The van der Waals surface area contributed by atoms with Crippen molar-refractivity contribution in [2.24, 2.45) is 0 Å². The quantitative estimate of drug-likeness (QED) is 0.911. The van der Waals surface area contributed by atoms with Crippen LogP contribution in [0.5, 0.6) is 0 Å². The molecule has 0 aromatic carbocycles. The van der Waals surface area contributed by atoms with Crippen molar-refractivity contribution < 1.29 is 0 Å². The van der Waals surface area contributed by atoms with Crippen molar-refractivity contribution >= 4 is 21.6 Å². The van der Waals surface area contributed by atoms with E-state index in [0.29, 0.717) is 10.2 Å². The summed E-state index contributed by atoms with van der Waals surface area (Å²) in [5.74, 6) is 0. The van der Waals surface area contributed by atoms with E-state index >= 15 is 0 Å². The van der Waals surface area contributed by atoms with Crippen molar-refractivity contribution in [1.82, 2.24) is 9.47 Å². The van der Waals surface area contributed by atoms with E-state index in [4.69, 9.17) is 5.73 Å². The second kappa shape index (κ2) is 5.01. The van der Waals surface area contributed by atoms with Crippen LogP contribution in [0.1, 0.15) is 12.8 Å². The van der Waals surface area contributed by atoms with Crippen molar-refractivity contribution in [1.29, 1.82) is 0 Å². The Balaban J connectivity index is 2.01. The van der Waals surface area contributed by atoms with Gasteiger partial charge in [0.25, 0.3) is 0 Å². The molecule has 1 aromatic rings. The number of halogens is 1. The number of hydrogen-bond acceptors (Lipinski definition) is 3. The number of nitrogens with zero attached hydrogens (tertiary/aromatic N) is 2. The van der Waals surface area contributed by atoms with E-state index in [1.807, 2.05) is 4.57 Å². The van der Waals surface area contributed by atoms with Crippen molar-refractivity contribution in [2.45, 2.75) is 19.4 Å². The summed E-state index contributed by atoms with van der Waals surface area (Å²) >= 11 is 3.22. The normalized spacial score (nSPS) is 16.8. The third-order valence-corrected chi connectivity index (χ3v) is 3.50. The molecule has 2 heterocycles. The van der Waals surface area contributed by atoms with Crippen molar-refractivity contribution in [3.05, 3.63) is 27.1 Å². The first kappa shape index (κ1) is 11.7. The fourth-order valence-corrected chi connectivity index (χ4v) is 2.50. The standard InChI is InChI=1S/C11H16BrN3O/c12-9-7-15(8-10(13)11(9)16)6-5-14-3-1-2-4-14/h7-8H,1-6,13H2. The predicted molar refractivity (Wildman–Crippen MR) is 68.5 cm³/mol. The molecule has 0 radical (unpaired) electrons. The average molecular weight is 286 g/mol. The fraction of sp³-hybridized carbons (Fsp3) is 0.545. The summed E-state index contributed by atoms with van der Waals surface area (Å²) in [4.78, 5) is 13.8. The van der Waals surface area contributed by atoms with Crippen LogP contribution >= 0.6 is 15.9 Å². The fourth-order valence-electron chi connectivity index (χ4n) is 2.01.